The van der Waals surface area contributed by atoms with Gasteiger partial charge in [-0.1, -0.05) is 39.8 Å². The van der Waals surface area contributed by atoms with Crippen molar-refractivity contribution in [3.8, 4) is 0 Å². The molecule has 0 radical (unpaired) electrons. The SMILES string of the molecule is C[C@@H]1N=C(c2ccc(C(=O)O)cc2)c2cc3c(cc2NC1=O)C(C)(C)CCC3(C)C. The van der Waals surface area contributed by atoms with Gasteiger partial charge in [0, 0.05) is 11.1 Å². The van der Waals surface area contributed by atoms with Crippen molar-refractivity contribution in [3.05, 3.63) is 64.2 Å². The van der Waals surface area contributed by atoms with Gasteiger partial charge in [-0.05, 0) is 66.0 Å². The van der Waals surface area contributed by atoms with E-state index < -0.39 is 12.0 Å². The molecule has 30 heavy (non-hydrogen) atoms. The first kappa shape index (κ1) is 20.3. The van der Waals surface area contributed by atoms with Crippen molar-refractivity contribution in [2.24, 2.45) is 4.99 Å². The minimum absolute atomic E-state index is 0.0279. The number of carbonyl (C=O) groups is 2. The predicted octanol–water partition coefficient (Wildman–Crippen LogP) is 4.91. The number of rotatable bonds is 2. The molecular weight excluding hydrogens is 376 g/mol. The zero-order valence-corrected chi connectivity index (χ0v) is 18.2. The van der Waals surface area contributed by atoms with Crippen LogP contribution in [0.15, 0.2) is 41.4 Å². The van der Waals surface area contributed by atoms with Crippen LogP contribution in [0.1, 0.15) is 80.1 Å². The molecule has 2 N–H and O–H groups in total. The van der Waals surface area contributed by atoms with Crippen LogP contribution in [-0.4, -0.2) is 28.7 Å². The summed E-state index contributed by atoms with van der Waals surface area (Å²) in [5.41, 5.74) is 6.03. The number of anilines is 1. The Labute approximate surface area is 177 Å². The van der Waals surface area contributed by atoms with Gasteiger partial charge in [-0.15, -0.1) is 0 Å². The lowest BCUT2D eigenvalue weighted by Gasteiger charge is -2.42. The number of aromatic carboxylic acids is 1. The number of carbonyl (C=O) groups excluding carboxylic acids is 1. The summed E-state index contributed by atoms with van der Waals surface area (Å²) in [6, 6.07) is 10.5. The maximum absolute atomic E-state index is 12.7. The Hall–Kier alpha value is -2.95. The molecule has 1 atom stereocenters. The van der Waals surface area contributed by atoms with Crippen LogP contribution in [0.5, 0.6) is 0 Å². The van der Waals surface area contributed by atoms with Gasteiger partial charge in [0.2, 0.25) is 5.91 Å². The molecule has 0 saturated carbocycles. The van der Waals surface area contributed by atoms with Crippen molar-refractivity contribution in [2.45, 2.75) is 64.3 Å². The summed E-state index contributed by atoms with van der Waals surface area (Å²) < 4.78 is 0. The summed E-state index contributed by atoms with van der Waals surface area (Å²) in [7, 11) is 0. The quantitative estimate of drug-likeness (QED) is 0.746. The Balaban J connectivity index is 1.95. The van der Waals surface area contributed by atoms with Crippen molar-refractivity contribution in [1.29, 1.82) is 0 Å². The van der Waals surface area contributed by atoms with Crippen LogP contribution in [0, 0.1) is 0 Å². The fraction of sp³-hybridized carbons (Fsp3) is 0.400. The Morgan fingerprint density at radius 1 is 1.03 bits per heavy atom. The second-order valence-electron chi connectivity index (χ2n) is 9.74. The molecule has 5 heteroatoms. The van der Waals surface area contributed by atoms with E-state index in [9.17, 15) is 14.7 Å². The minimum atomic E-state index is -0.965. The lowest BCUT2D eigenvalue weighted by Crippen LogP contribution is -2.34. The van der Waals surface area contributed by atoms with Gasteiger partial charge in [-0.25, -0.2) is 4.79 Å². The summed E-state index contributed by atoms with van der Waals surface area (Å²) in [5.74, 6) is -1.10. The third kappa shape index (κ3) is 3.32. The van der Waals surface area contributed by atoms with Crippen LogP contribution < -0.4 is 5.32 Å². The number of hydrogen-bond acceptors (Lipinski definition) is 3. The molecule has 0 bridgehead atoms. The van der Waals surface area contributed by atoms with E-state index in [2.05, 4.69) is 45.1 Å². The number of fused-ring (bicyclic) bond motifs is 2. The molecule has 0 fully saturated rings. The van der Waals surface area contributed by atoms with E-state index in [0.717, 1.165) is 35.4 Å². The summed E-state index contributed by atoms with van der Waals surface area (Å²) in [4.78, 5) is 28.6. The molecule has 4 rings (SSSR count). The second kappa shape index (κ2) is 6.79. The summed E-state index contributed by atoms with van der Waals surface area (Å²) in [6.07, 6.45) is 2.18. The molecule has 156 valence electrons. The maximum atomic E-state index is 12.7. The molecule has 5 nitrogen and oxygen atoms in total. The normalized spacial score (nSPS) is 21.6. The topological polar surface area (TPSA) is 78.8 Å². The fourth-order valence-electron chi connectivity index (χ4n) is 4.47. The molecule has 2 aromatic carbocycles. The smallest absolute Gasteiger partial charge is 0.335 e. The number of carboxylic acid groups (broad SMARTS) is 1. The molecule has 2 aromatic rings. The van der Waals surface area contributed by atoms with Crippen LogP contribution in [0.25, 0.3) is 0 Å². The van der Waals surface area contributed by atoms with Crippen molar-refractivity contribution in [3.63, 3.8) is 0 Å². The monoisotopic (exact) mass is 404 g/mol. The molecule has 1 amide bonds. The van der Waals surface area contributed by atoms with Gasteiger partial charge in [-0.2, -0.15) is 0 Å². The second-order valence-corrected chi connectivity index (χ2v) is 9.74. The van der Waals surface area contributed by atoms with Gasteiger partial charge >= 0.3 is 5.97 Å². The van der Waals surface area contributed by atoms with Gasteiger partial charge < -0.3 is 10.4 Å². The van der Waals surface area contributed by atoms with Crippen molar-refractivity contribution < 1.29 is 14.7 Å². The van der Waals surface area contributed by atoms with Gasteiger partial charge in [0.05, 0.1) is 17.0 Å². The first-order chi connectivity index (χ1) is 14.0. The number of carboxylic acids is 1. The zero-order valence-electron chi connectivity index (χ0n) is 18.2. The number of nitrogens with zero attached hydrogens (tertiary/aromatic N) is 1. The van der Waals surface area contributed by atoms with E-state index in [0.29, 0.717) is 0 Å². The highest BCUT2D eigenvalue weighted by atomic mass is 16.4. The third-order valence-corrected chi connectivity index (χ3v) is 6.61. The molecule has 0 spiro atoms. The molecule has 1 aliphatic carbocycles. The molecular formula is C25H28N2O3. The number of aliphatic imine (C=N–C) groups is 1. The van der Waals surface area contributed by atoms with Gasteiger partial charge in [-0.3, -0.25) is 9.79 Å². The van der Waals surface area contributed by atoms with Crippen LogP contribution in [0.4, 0.5) is 5.69 Å². The lowest BCUT2D eigenvalue weighted by molar-refractivity contribution is -0.116. The van der Waals surface area contributed by atoms with E-state index in [1.807, 2.05) is 0 Å². The molecule has 0 saturated heterocycles. The van der Waals surface area contributed by atoms with Crippen molar-refractivity contribution >= 4 is 23.3 Å². The number of benzene rings is 2. The highest BCUT2D eigenvalue weighted by molar-refractivity contribution is 6.20. The number of amides is 1. The Kier molecular flexibility index (Phi) is 4.60. The van der Waals surface area contributed by atoms with Crippen molar-refractivity contribution in [1.82, 2.24) is 0 Å². The predicted molar refractivity (Wildman–Crippen MR) is 119 cm³/mol. The van der Waals surface area contributed by atoms with Crippen molar-refractivity contribution in [2.75, 3.05) is 5.32 Å². The largest absolute Gasteiger partial charge is 0.478 e. The van der Waals surface area contributed by atoms with Crippen LogP contribution in [-0.2, 0) is 15.6 Å². The third-order valence-electron chi connectivity index (χ3n) is 6.61. The Morgan fingerprint density at radius 2 is 1.60 bits per heavy atom. The molecule has 0 aromatic heterocycles. The highest BCUT2D eigenvalue weighted by Gasteiger charge is 2.38. The van der Waals surface area contributed by atoms with E-state index in [1.54, 1.807) is 31.2 Å². The molecule has 0 unspecified atom stereocenters. The first-order valence-corrected chi connectivity index (χ1v) is 10.4. The van der Waals surface area contributed by atoms with Crippen LogP contribution in [0.3, 0.4) is 0 Å². The maximum Gasteiger partial charge on any atom is 0.335 e. The van der Waals surface area contributed by atoms with E-state index in [-0.39, 0.29) is 22.3 Å². The van der Waals surface area contributed by atoms with Crippen LogP contribution >= 0.6 is 0 Å². The van der Waals surface area contributed by atoms with E-state index in [1.165, 1.54) is 11.1 Å². The number of hydrogen-bond donors (Lipinski definition) is 2. The molecule has 1 heterocycles. The Bertz CT molecular complexity index is 1080. The average molecular weight is 405 g/mol. The standard InChI is InChI=1S/C25H28N2O3/c1-14-22(28)27-20-13-19-18(24(2,3)10-11-25(19,4)5)12-17(20)21(26-14)15-6-8-16(9-7-15)23(29)30/h6-9,12-14H,10-11H2,1-5H3,(H,27,28)(H,29,30)/t14-/m0/s1. The highest BCUT2D eigenvalue weighted by Crippen LogP contribution is 2.47. The summed E-state index contributed by atoms with van der Waals surface area (Å²) in [5, 5.41) is 12.3. The van der Waals surface area contributed by atoms with Gasteiger partial charge in [0.25, 0.3) is 0 Å². The van der Waals surface area contributed by atoms with E-state index in [4.69, 9.17) is 4.99 Å². The lowest BCUT2D eigenvalue weighted by atomic mass is 9.62. The van der Waals surface area contributed by atoms with Gasteiger partial charge in [0.15, 0.2) is 0 Å². The van der Waals surface area contributed by atoms with E-state index >= 15 is 0 Å². The average Bonchev–Trinajstić information content (AvgIpc) is 2.81. The Morgan fingerprint density at radius 3 is 2.17 bits per heavy atom. The molecule has 1 aliphatic heterocycles. The molecule has 2 aliphatic rings. The van der Waals surface area contributed by atoms with Gasteiger partial charge in [0.1, 0.15) is 6.04 Å². The first-order valence-electron chi connectivity index (χ1n) is 10.4. The fourth-order valence-corrected chi connectivity index (χ4v) is 4.47. The number of nitrogens with one attached hydrogen (secondary N) is 1. The summed E-state index contributed by atoms with van der Waals surface area (Å²) >= 11 is 0. The minimum Gasteiger partial charge on any atom is -0.478 e. The summed E-state index contributed by atoms with van der Waals surface area (Å²) in [6.45, 7) is 10.8. The zero-order chi connectivity index (χ0) is 21.8. The van der Waals surface area contributed by atoms with Crippen LogP contribution in [0.2, 0.25) is 0 Å².